The highest BCUT2D eigenvalue weighted by Gasteiger charge is 2.21. The summed E-state index contributed by atoms with van der Waals surface area (Å²) in [6.45, 7) is 7.48. The standard InChI is InChI=1S/C21H24N4O5S/c1-5-29-19-11-10-17(12-18(19)21-23-20(13(2)3)24-30-21)31(27,28)25-16-8-6-15(7-9-16)22-14(4)26/h6-13,25H,5H2,1-4H3,(H,22,26). The monoisotopic (exact) mass is 444 g/mol. The smallest absolute Gasteiger partial charge is 0.261 e. The van der Waals surface area contributed by atoms with E-state index in [1.165, 1.54) is 19.1 Å². The van der Waals surface area contributed by atoms with E-state index in [1.54, 1.807) is 30.3 Å². The zero-order chi connectivity index (χ0) is 22.6. The second-order valence-corrected chi connectivity index (χ2v) is 8.75. The van der Waals surface area contributed by atoms with Crippen LogP contribution in [-0.4, -0.2) is 31.1 Å². The Morgan fingerprint density at radius 1 is 1.13 bits per heavy atom. The number of carbonyl (C=O) groups is 1. The van der Waals surface area contributed by atoms with Crippen molar-refractivity contribution in [1.29, 1.82) is 0 Å². The number of sulfonamides is 1. The quantitative estimate of drug-likeness (QED) is 0.538. The van der Waals surface area contributed by atoms with Crippen molar-refractivity contribution in [2.24, 2.45) is 0 Å². The van der Waals surface area contributed by atoms with Gasteiger partial charge in [-0.3, -0.25) is 9.52 Å². The van der Waals surface area contributed by atoms with E-state index in [-0.39, 0.29) is 22.6 Å². The number of amides is 1. The summed E-state index contributed by atoms with van der Waals surface area (Å²) in [4.78, 5) is 15.5. The summed E-state index contributed by atoms with van der Waals surface area (Å²) in [5.74, 6) is 0.992. The number of ether oxygens (including phenoxy) is 1. The maximum Gasteiger partial charge on any atom is 0.261 e. The van der Waals surface area contributed by atoms with Crippen LogP contribution < -0.4 is 14.8 Å². The van der Waals surface area contributed by atoms with Crippen LogP contribution in [-0.2, 0) is 14.8 Å². The van der Waals surface area contributed by atoms with Gasteiger partial charge in [-0.15, -0.1) is 0 Å². The number of anilines is 2. The summed E-state index contributed by atoms with van der Waals surface area (Å²) >= 11 is 0. The van der Waals surface area contributed by atoms with Gasteiger partial charge in [-0.1, -0.05) is 19.0 Å². The molecule has 164 valence electrons. The lowest BCUT2D eigenvalue weighted by Gasteiger charge is -2.12. The Labute approximate surface area is 180 Å². The summed E-state index contributed by atoms with van der Waals surface area (Å²) < 4.78 is 39.4. The first-order chi connectivity index (χ1) is 14.7. The van der Waals surface area contributed by atoms with Crippen molar-refractivity contribution < 1.29 is 22.5 Å². The molecule has 2 aromatic carbocycles. The van der Waals surface area contributed by atoms with Crippen LogP contribution in [0.2, 0.25) is 0 Å². The lowest BCUT2D eigenvalue weighted by molar-refractivity contribution is -0.114. The van der Waals surface area contributed by atoms with Crippen molar-refractivity contribution in [2.75, 3.05) is 16.6 Å². The van der Waals surface area contributed by atoms with Crippen LogP contribution in [0.4, 0.5) is 11.4 Å². The molecule has 2 N–H and O–H groups in total. The van der Waals surface area contributed by atoms with Crippen molar-refractivity contribution in [1.82, 2.24) is 10.1 Å². The lowest BCUT2D eigenvalue weighted by atomic mass is 10.2. The highest BCUT2D eigenvalue weighted by atomic mass is 32.2. The average molecular weight is 445 g/mol. The first-order valence-corrected chi connectivity index (χ1v) is 11.2. The molecular weight excluding hydrogens is 420 g/mol. The van der Waals surface area contributed by atoms with Crippen molar-refractivity contribution >= 4 is 27.3 Å². The third kappa shape index (κ3) is 5.40. The number of benzene rings is 2. The first-order valence-electron chi connectivity index (χ1n) is 9.71. The molecule has 1 aromatic heterocycles. The Bertz CT molecular complexity index is 1170. The molecule has 0 bridgehead atoms. The van der Waals surface area contributed by atoms with Crippen molar-refractivity contribution in [3.05, 3.63) is 48.3 Å². The van der Waals surface area contributed by atoms with Crippen LogP contribution >= 0.6 is 0 Å². The predicted octanol–water partition coefficient (Wildman–Crippen LogP) is 4.02. The second-order valence-electron chi connectivity index (χ2n) is 7.07. The van der Waals surface area contributed by atoms with Crippen LogP contribution in [0.5, 0.6) is 5.75 Å². The van der Waals surface area contributed by atoms with Gasteiger partial charge in [0.15, 0.2) is 5.82 Å². The molecule has 0 fully saturated rings. The zero-order valence-electron chi connectivity index (χ0n) is 17.7. The molecule has 10 heteroatoms. The number of nitrogens with zero attached hydrogens (tertiary/aromatic N) is 2. The normalized spacial score (nSPS) is 11.4. The molecule has 0 atom stereocenters. The molecule has 31 heavy (non-hydrogen) atoms. The van der Waals surface area contributed by atoms with E-state index in [1.807, 2.05) is 20.8 Å². The molecule has 3 aromatic rings. The number of carbonyl (C=O) groups excluding carboxylic acids is 1. The fourth-order valence-electron chi connectivity index (χ4n) is 2.74. The topological polar surface area (TPSA) is 123 Å². The van der Waals surface area contributed by atoms with E-state index in [2.05, 4.69) is 20.2 Å². The van der Waals surface area contributed by atoms with E-state index < -0.39 is 10.0 Å². The van der Waals surface area contributed by atoms with E-state index in [9.17, 15) is 13.2 Å². The van der Waals surface area contributed by atoms with E-state index in [0.717, 1.165) is 0 Å². The molecule has 0 aliphatic heterocycles. The van der Waals surface area contributed by atoms with Crippen molar-refractivity contribution in [3.63, 3.8) is 0 Å². The van der Waals surface area contributed by atoms with Gasteiger partial charge >= 0.3 is 0 Å². The molecule has 1 amide bonds. The summed E-state index contributed by atoms with van der Waals surface area (Å²) in [5, 5.41) is 6.57. The van der Waals surface area contributed by atoms with Gasteiger partial charge in [0.2, 0.25) is 5.91 Å². The molecule has 0 radical (unpaired) electrons. The van der Waals surface area contributed by atoms with Crippen molar-refractivity contribution in [2.45, 2.75) is 38.5 Å². The second kappa shape index (κ2) is 9.17. The van der Waals surface area contributed by atoms with E-state index in [0.29, 0.717) is 35.1 Å². The number of nitrogens with one attached hydrogen (secondary N) is 2. The van der Waals surface area contributed by atoms with Crippen LogP contribution in [0.25, 0.3) is 11.5 Å². The number of hydrogen-bond donors (Lipinski definition) is 2. The predicted molar refractivity (Wildman–Crippen MR) is 117 cm³/mol. The molecule has 0 unspecified atom stereocenters. The number of hydrogen-bond acceptors (Lipinski definition) is 7. The van der Waals surface area contributed by atoms with E-state index >= 15 is 0 Å². The summed E-state index contributed by atoms with van der Waals surface area (Å²) in [7, 11) is -3.90. The molecule has 9 nitrogen and oxygen atoms in total. The molecule has 0 saturated carbocycles. The molecule has 0 spiro atoms. The van der Waals surface area contributed by atoms with Crippen LogP contribution in [0, 0.1) is 0 Å². The van der Waals surface area contributed by atoms with Gasteiger partial charge in [0.25, 0.3) is 15.9 Å². The highest BCUT2D eigenvalue weighted by Crippen LogP contribution is 2.33. The Balaban J connectivity index is 1.92. The summed E-state index contributed by atoms with van der Waals surface area (Å²) in [6.07, 6.45) is 0. The minimum Gasteiger partial charge on any atom is -0.493 e. The number of rotatable bonds is 8. The fraction of sp³-hybridized carbons (Fsp3) is 0.286. The average Bonchev–Trinajstić information content (AvgIpc) is 3.20. The maximum atomic E-state index is 12.9. The third-order valence-electron chi connectivity index (χ3n) is 4.21. The molecule has 0 aliphatic rings. The third-order valence-corrected chi connectivity index (χ3v) is 5.59. The molecule has 0 aliphatic carbocycles. The van der Waals surface area contributed by atoms with Gasteiger partial charge < -0.3 is 14.6 Å². The summed E-state index contributed by atoms with van der Waals surface area (Å²) in [5.41, 5.74) is 1.31. The fourth-order valence-corrected chi connectivity index (χ4v) is 3.83. The van der Waals surface area contributed by atoms with Gasteiger partial charge in [-0.05, 0) is 49.4 Å². The van der Waals surface area contributed by atoms with Gasteiger partial charge in [-0.25, -0.2) is 8.42 Å². The number of aromatic nitrogens is 2. The lowest BCUT2D eigenvalue weighted by Crippen LogP contribution is -2.13. The van der Waals surface area contributed by atoms with Crippen molar-refractivity contribution in [3.8, 4) is 17.2 Å². The summed E-state index contributed by atoms with van der Waals surface area (Å²) in [6, 6.07) is 10.8. The van der Waals surface area contributed by atoms with Crippen LogP contribution in [0.15, 0.2) is 51.9 Å². The highest BCUT2D eigenvalue weighted by molar-refractivity contribution is 7.92. The zero-order valence-corrected chi connectivity index (χ0v) is 18.5. The Morgan fingerprint density at radius 3 is 2.39 bits per heavy atom. The Hall–Kier alpha value is -3.40. The maximum absolute atomic E-state index is 12.9. The van der Waals surface area contributed by atoms with E-state index in [4.69, 9.17) is 9.26 Å². The first kappa shape index (κ1) is 22.3. The van der Waals surface area contributed by atoms with Gasteiger partial charge in [0.05, 0.1) is 17.1 Å². The van der Waals surface area contributed by atoms with Crippen LogP contribution in [0.3, 0.4) is 0 Å². The molecule has 0 saturated heterocycles. The SMILES string of the molecule is CCOc1ccc(S(=O)(=O)Nc2ccc(NC(C)=O)cc2)cc1-c1nc(C(C)C)no1. The minimum atomic E-state index is -3.90. The van der Waals surface area contributed by atoms with Gasteiger partial charge in [-0.2, -0.15) is 4.98 Å². The molecular formula is C21H24N4O5S. The molecule has 3 rings (SSSR count). The Morgan fingerprint density at radius 2 is 1.81 bits per heavy atom. The van der Waals surface area contributed by atoms with Gasteiger partial charge in [0.1, 0.15) is 5.75 Å². The molecule has 1 heterocycles. The minimum absolute atomic E-state index is 0.0150. The van der Waals surface area contributed by atoms with Gasteiger partial charge in [0, 0.05) is 24.2 Å². The Kier molecular flexibility index (Phi) is 6.59. The largest absolute Gasteiger partial charge is 0.493 e. The van der Waals surface area contributed by atoms with Crippen LogP contribution in [0.1, 0.15) is 39.4 Å².